The second-order valence-corrected chi connectivity index (χ2v) is 9.54. The molecule has 5 nitrogen and oxygen atoms in total. The van der Waals surface area contributed by atoms with Crippen LogP contribution in [0, 0.1) is 13.8 Å². The molecule has 0 aromatic heterocycles. The van der Waals surface area contributed by atoms with Gasteiger partial charge in [-0.1, -0.05) is 60.2 Å². The molecule has 0 aliphatic rings. The maximum Gasteiger partial charge on any atom is 0.261 e. The summed E-state index contributed by atoms with van der Waals surface area (Å²) in [6, 6.07) is 25.4. The van der Waals surface area contributed by atoms with E-state index in [2.05, 4.69) is 10.0 Å². The van der Waals surface area contributed by atoms with Gasteiger partial charge in [0.25, 0.3) is 10.0 Å². The number of hydrogen-bond donors (Lipinski definition) is 2. The lowest BCUT2D eigenvalue weighted by molar-refractivity contribution is -0.115. The maximum atomic E-state index is 12.8. The van der Waals surface area contributed by atoms with Crippen LogP contribution in [0.5, 0.6) is 0 Å². The minimum Gasteiger partial charge on any atom is -0.326 e. The zero-order valence-corrected chi connectivity index (χ0v) is 18.7. The number of sulfonamides is 1. The van der Waals surface area contributed by atoms with E-state index >= 15 is 0 Å². The minimum atomic E-state index is -3.72. The van der Waals surface area contributed by atoms with E-state index in [9.17, 15) is 13.2 Å². The van der Waals surface area contributed by atoms with Gasteiger partial charge in [0.15, 0.2) is 0 Å². The number of amides is 1. The van der Waals surface area contributed by atoms with E-state index in [-0.39, 0.29) is 17.2 Å². The van der Waals surface area contributed by atoms with E-state index in [1.165, 1.54) is 0 Å². The van der Waals surface area contributed by atoms with Gasteiger partial charge >= 0.3 is 0 Å². The molecule has 0 radical (unpaired) electrons. The van der Waals surface area contributed by atoms with Crippen molar-refractivity contribution >= 4 is 38.1 Å². The standard InChI is InChI=1S/C26H24N2O3S/c1-18-7-14-25(19(2)15-18)27-26(29)16-20-8-11-23(12-9-20)28-32(30,31)24-13-10-21-5-3-4-6-22(21)17-24/h3-15,17,28H,16H2,1-2H3,(H,27,29). The third-order valence-corrected chi connectivity index (χ3v) is 6.64. The summed E-state index contributed by atoms with van der Waals surface area (Å²) in [5.41, 5.74) is 4.18. The van der Waals surface area contributed by atoms with Crippen molar-refractivity contribution in [2.75, 3.05) is 10.0 Å². The molecule has 0 spiro atoms. The average molecular weight is 445 g/mol. The Kier molecular flexibility index (Phi) is 5.97. The van der Waals surface area contributed by atoms with E-state index < -0.39 is 10.0 Å². The van der Waals surface area contributed by atoms with Gasteiger partial charge in [-0.2, -0.15) is 0 Å². The fourth-order valence-corrected chi connectivity index (χ4v) is 4.67. The maximum absolute atomic E-state index is 12.8. The van der Waals surface area contributed by atoms with E-state index in [0.29, 0.717) is 5.69 Å². The van der Waals surface area contributed by atoms with Crippen molar-refractivity contribution in [1.29, 1.82) is 0 Å². The van der Waals surface area contributed by atoms with Gasteiger partial charge in [-0.3, -0.25) is 9.52 Å². The first-order valence-electron chi connectivity index (χ1n) is 10.3. The van der Waals surface area contributed by atoms with Crippen LogP contribution in [0.3, 0.4) is 0 Å². The molecule has 0 atom stereocenters. The molecule has 0 unspecified atom stereocenters. The van der Waals surface area contributed by atoms with Crippen LogP contribution in [-0.4, -0.2) is 14.3 Å². The molecule has 4 aromatic rings. The molecule has 0 bridgehead atoms. The molecule has 0 saturated carbocycles. The van der Waals surface area contributed by atoms with Crippen LogP contribution >= 0.6 is 0 Å². The Morgan fingerprint density at radius 2 is 1.53 bits per heavy atom. The van der Waals surface area contributed by atoms with Crippen LogP contribution in [0.1, 0.15) is 16.7 Å². The van der Waals surface area contributed by atoms with Gasteiger partial charge in [-0.25, -0.2) is 8.42 Å². The molecule has 4 rings (SSSR count). The highest BCUT2D eigenvalue weighted by Crippen LogP contribution is 2.22. The predicted molar refractivity (Wildman–Crippen MR) is 129 cm³/mol. The highest BCUT2D eigenvalue weighted by Gasteiger charge is 2.15. The first-order chi connectivity index (χ1) is 15.3. The molecule has 0 aliphatic heterocycles. The van der Waals surface area contributed by atoms with Crippen LogP contribution in [0.2, 0.25) is 0 Å². The molecule has 0 fully saturated rings. The van der Waals surface area contributed by atoms with E-state index in [0.717, 1.165) is 33.2 Å². The van der Waals surface area contributed by atoms with E-state index in [1.807, 2.05) is 56.3 Å². The topological polar surface area (TPSA) is 75.3 Å². The largest absolute Gasteiger partial charge is 0.326 e. The zero-order chi connectivity index (χ0) is 22.7. The summed E-state index contributed by atoms with van der Waals surface area (Å²) in [5.74, 6) is -0.124. The van der Waals surface area contributed by atoms with E-state index in [1.54, 1.807) is 42.5 Å². The Hall–Kier alpha value is -3.64. The number of fused-ring (bicyclic) bond motifs is 1. The van der Waals surface area contributed by atoms with Crippen molar-refractivity contribution in [1.82, 2.24) is 0 Å². The smallest absolute Gasteiger partial charge is 0.261 e. The lowest BCUT2D eigenvalue weighted by atomic mass is 10.1. The molecule has 4 aromatic carbocycles. The molecule has 1 amide bonds. The van der Waals surface area contributed by atoms with Gasteiger partial charge in [-0.05, 0) is 66.1 Å². The summed E-state index contributed by atoms with van der Waals surface area (Å²) in [4.78, 5) is 12.6. The van der Waals surface area contributed by atoms with Crippen LogP contribution < -0.4 is 10.0 Å². The first-order valence-corrected chi connectivity index (χ1v) is 11.8. The second-order valence-electron chi connectivity index (χ2n) is 7.85. The van der Waals surface area contributed by atoms with Gasteiger partial charge in [-0.15, -0.1) is 0 Å². The Labute approximate surface area is 188 Å². The number of nitrogens with one attached hydrogen (secondary N) is 2. The van der Waals surface area contributed by atoms with E-state index in [4.69, 9.17) is 0 Å². The molecular weight excluding hydrogens is 420 g/mol. The SMILES string of the molecule is Cc1ccc(NC(=O)Cc2ccc(NS(=O)(=O)c3ccc4ccccc4c3)cc2)c(C)c1. The molecule has 0 heterocycles. The lowest BCUT2D eigenvalue weighted by Gasteiger charge is -2.11. The van der Waals surface area contributed by atoms with Crippen LogP contribution in [0.15, 0.2) is 89.8 Å². The highest BCUT2D eigenvalue weighted by molar-refractivity contribution is 7.92. The van der Waals surface area contributed by atoms with Gasteiger partial charge in [0.1, 0.15) is 0 Å². The second kappa shape index (κ2) is 8.85. The summed E-state index contributed by atoms with van der Waals surface area (Å²) < 4.78 is 28.2. The normalized spacial score (nSPS) is 11.3. The number of carbonyl (C=O) groups is 1. The van der Waals surface area contributed by atoms with Crippen LogP contribution in [0.25, 0.3) is 10.8 Å². The Balaban J connectivity index is 1.43. The first kappa shape index (κ1) is 21.6. The van der Waals surface area contributed by atoms with Crippen molar-refractivity contribution in [3.8, 4) is 0 Å². The van der Waals surface area contributed by atoms with Gasteiger partial charge < -0.3 is 5.32 Å². The molecular formula is C26H24N2O3S. The summed E-state index contributed by atoms with van der Waals surface area (Å²) >= 11 is 0. The van der Waals surface area contributed by atoms with Gasteiger partial charge in [0.05, 0.1) is 11.3 Å². The third kappa shape index (κ3) is 4.98. The number of aryl methyl sites for hydroxylation is 2. The van der Waals surface area contributed by atoms with Crippen LogP contribution in [-0.2, 0) is 21.2 Å². The molecule has 2 N–H and O–H groups in total. The average Bonchev–Trinajstić information content (AvgIpc) is 2.76. The van der Waals surface area contributed by atoms with Crippen molar-refractivity contribution in [2.24, 2.45) is 0 Å². The van der Waals surface area contributed by atoms with Crippen molar-refractivity contribution in [3.05, 3.63) is 102 Å². The fourth-order valence-electron chi connectivity index (χ4n) is 3.57. The van der Waals surface area contributed by atoms with Crippen molar-refractivity contribution in [3.63, 3.8) is 0 Å². The number of carbonyl (C=O) groups excluding carboxylic acids is 1. The number of rotatable bonds is 6. The summed E-state index contributed by atoms with van der Waals surface area (Å²) in [5, 5.41) is 4.77. The Morgan fingerprint density at radius 1 is 0.812 bits per heavy atom. The lowest BCUT2D eigenvalue weighted by Crippen LogP contribution is -2.15. The zero-order valence-electron chi connectivity index (χ0n) is 17.9. The number of benzene rings is 4. The van der Waals surface area contributed by atoms with Gasteiger partial charge in [0, 0.05) is 11.4 Å². The Bertz CT molecular complexity index is 1390. The fraction of sp³-hybridized carbons (Fsp3) is 0.115. The molecule has 6 heteroatoms. The van der Waals surface area contributed by atoms with Crippen LogP contribution in [0.4, 0.5) is 11.4 Å². The van der Waals surface area contributed by atoms with Crippen molar-refractivity contribution in [2.45, 2.75) is 25.2 Å². The van der Waals surface area contributed by atoms with Crippen molar-refractivity contribution < 1.29 is 13.2 Å². The monoisotopic (exact) mass is 444 g/mol. The van der Waals surface area contributed by atoms with Gasteiger partial charge in [0.2, 0.25) is 5.91 Å². The number of anilines is 2. The summed E-state index contributed by atoms with van der Waals surface area (Å²) in [6.07, 6.45) is 0.199. The molecule has 0 aliphatic carbocycles. The highest BCUT2D eigenvalue weighted by atomic mass is 32.2. The number of hydrogen-bond acceptors (Lipinski definition) is 3. The predicted octanol–water partition coefficient (Wildman–Crippen LogP) is 5.44. The molecule has 32 heavy (non-hydrogen) atoms. The molecule has 0 saturated heterocycles. The molecule has 162 valence electrons. The minimum absolute atomic E-state index is 0.124. The third-order valence-electron chi connectivity index (χ3n) is 5.26. The quantitative estimate of drug-likeness (QED) is 0.416. The summed E-state index contributed by atoms with van der Waals surface area (Å²) in [7, 11) is -3.72. The summed E-state index contributed by atoms with van der Waals surface area (Å²) in [6.45, 7) is 3.97. The Morgan fingerprint density at radius 3 is 2.25 bits per heavy atom.